The highest BCUT2D eigenvalue weighted by molar-refractivity contribution is 7.81. The third-order valence-electron chi connectivity index (χ3n) is 4.56. The van der Waals surface area contributed by atoms with E-state index in [1.807, 2.05) is 30.3 Å². The van der Waals surface area contributed by atoms with Gasteiger partial charge in [-0.1, -0.05) is 56.4 Å². The maximum Gasteiger partial charge on any atom is 0.270 e. The van der Waals surface area contributed by atoms with E-state index in [0.29, 0.717) is 5.92 Å². The first-order valence-corrected chi connectivity index (χ1v) is 9.81. The van der Waals surface area contributed by atoms with Crippen molar-refractivity contribution in [2.45, 2.75) is 19.8 Å². The summed E-state index contributed by atoms with van der Waals surface area (Å²) < 4.78 is 1.61. The van der Waals surface area contributed by atoms with Gasteiger partial charge in [0.2, 0.25) is 5.70 Å². The summed E-state index contributed by atoms with van der Waals surface area (Å²) in [5.74, 6) is -0.00495. The van der Waals surface area contributed by atoms with Crippen LogP contribution in [0.15, 0.2) is 79.1 Å². The molecule has 0 radical (unpaired) electrons. The van der Waals surface area contributed by atoms with Gasteiger partial charge in [-0.15, -0.1) is 0 Å². The monoisotopic (exact) mass is 419 g/mol. The zero-order valence-corrected chi connectivity index (χ0v) is 17.4. The minimum atomic E-state index is -0.529. The number of nitrogens with one attached hydrogen (secondary N) is 1. The SMILES string of the molecule is CC(C)c1ccc(NC(=S)C(=C([O-])c2cccc([N+](=O)[O-])c2)[n+]2ccccc2)cc1. The van der Waals surface area contributed by atoms with E-state index in [1.54, 1.807) is 35.2 Å². The van der Waals surface area contributed by atoms with Crippen molar-refractivity contribution in [3.8, 4) is 0 Å². The minimum Gasteiger partial charge on any atom is -0.867 e. The molecule has 0 saturated carbocycles. The minimum absolute atomic E-state index is 0.151. The second-order valence-corrected chi connectivity index (χ2v) is 7.41. The highest BCUT2D eigenvalue weighted by Gasteiger charge is 2.19. The molecule has 0 saturated heterocycles. The molecule has 0 aliphatic carbocycles. The Morgan fingerprint density at radius 1 is 1.03 bits per heavy atom. The van der Waals surface area contributed by atoms with Gasteiger partial charge in [0.15, 0.2) is 17.4 Å². The molecule has 0 bridgehead atoms. The Labute approximate surface area is 180 Å². The van der Waals surface area contributed by atoms with Crippen LogP contribution in [0.1, 0.15) is 30.9 Å². The number of nitro benzene ring substituents is 1. The summed E-state index contributed by atoms with van der Waals surface area (Å²) >= 11 is 5.56. The molecule has 0 amide bonds. The maximum atomic E-state index is 13.3. The molecule has 2 aromatic carbocycles. The van der Waals surface area contributed by atoms with Crippen molar-refractivity contribution in [1.82, 2.24) is 0 Å². The van der Waals surface area contributed by atoms with Gasteiger partial charge in [-0.2, -0.15) is 4.57 Å². The Morgan fingerprint density at radius 2 is 1.70 bits per heavy atom. The lowest BCUT2D eigenvalue weighted by atomic mass is 10.0. The van der Waals surface area contributed by atoms with Gasteiger partial charge in [0.05, 0.1) is 4.92 Å². The van der Waals surface area contributed by atoms with E-state index in [4.69, 9.17) is 12.2 Å². The Bertz CT molecular complexity index is 1090. The van der Waals surface area contributed by atoms with Gasteiger partial charge in [-0.05, 0) is 34.9 Å². The van der Waals surface area contributed by atoms with Crippen molar-refractivity contribution < 1.29 is 14.6 Å². The first kappa shape index (κ1) is 21.1. The normalized spacial score (nSPS) is 11.7. The van der Waals surface area contributed by atoms with Crippen molar-refractivity contribution in [3.05, 3.63) is 100 Å². The molecule has 152 valence electrons. The summed E-state index contributed by atoms with van der Waals surface area (Å²) in [7, 11) is 0. The van der Waals surface area contributed by atoms with E-state index in [1.165, 1.54) is 23.8 Å². The molecule has 1 N–H and O–H groups in total. The molecular formula is C23H21N3O3S. The lowest BCUT2D eigenvalue weighted by Gasteiger charge is -2.17. The molecule has 0 atom stereocenters. The van der Waals surface area contributed by atoms with Crippen LogP contribution in [0.5, 0.6) is 0 Å². The summed E-state index contributed by atoms with van der Waals surface area (Å²) in [5.41, 5.74) is 2.20. The van der Waals surface area contributed by atoms with Crippen LogP contribution in [0, 0.1) is 10.1 Å². The molecule has 0 spiro atoms. The van der Waals surface area contributed by atoms with Gasteiger partial charge >= 0.3 is 0 Å². The van der Waals surface area contributed by atoms with Crippen molar-refractivity contribution in [2.75, 3.05) is 5.32 Å². The molecule has 0 aliphatic heterocycles. The molecule has 0 aliphatic rings. The summed E-state index contributed by atoms with van der Waals surface area (Å²) in [5, 5.41) is 27.5. The molecular weight excluding hydrogens is 398 g/mol. The molecule has 6 nitrogen and oxygen atoms in total. The average Bonchev–Trinajstić information content (AvgIpc) is 2.75. The highest BCUT2D eigenvalue weighted by Crippen LogP contribution is 2.22. The van der Waals surface area contributed by atoms with E-state index in [-0.39, 0.29) is 21.9 Å². The van der Waals surface area contributed by atoms with E-state index in [0.717, 1.165) is 5.69 Å². The van der Waals surface area contributed by atoms with Crippen LogP contribution >= 0.6 is 12.2 Å². The third kappa shape index (κ3) is 4.87. The number of non-ortho nitro benzene ring substituents is 1. The average molecular weight is 420 g/mol. The predicted octanol–water partition coefficient (Wildman–Crippen LogP) is 4.13. The van der Waals surface area contributed by atoms with Gasteiger partial charge in [-0.25, -0.2) is 0 Å². The zero-order chi connectivity index (χ0) is 21.7. The summed E-state index contributed by atoms with van der Waals surface area (Å²) in [6.07, 6.45) is 3.42. The third-order valence-corrected chi connectivity index (χ3v) is 4.85. The molecule has 1 aromatic heterocycles. The van der Waals surface area contributed by atoms with Crippen LogP contribution in [0.25, 0.3) is 11.5 Å². The Kier molecular flexibility index (Phi) is 6.54. The number of hydrogen-bond donors (Lipinski definition) is 1. The first-order valence-electron chi connectivity index (χ1n) is 9.41. The highest BCUT2D eigenvalue weighted by atomic mass is 32.1. The molecule has 30 heavy (non-hydrogen) atoms. The Balaban J connectivity index is 2.02. The predicted molar refractivity (Wildman–Crippen MR) is 120 cm³/mol. The van der Waals surface area contributed by atoms with Crippen molar-refractivity contribution in [3.63, 3.8) is 0 Å². The van der Waals surface area contributed by atoms with Crippen LogP contribution in [0.4, 0.5) is 11.4 Å². The van der Waals surface area contributed by atoms with Gasteiger partial charge in [0.25, 0.3) is 5.69 Å². The number of thiocarbonyl (C=S) groups is 1. The standard InChI is InChI=1S/C23H21N3O3S/c1-16(2)17-9-11-19(12-10-17)24-23(30)21(25-13-4-3-5-14-25)22(27)18-7-6-8-20(15-18)26(28)29/h3-16H,1-2H3,(H-,24,27,30). The largest absolute Gasteiger partial charge is 0.867 e. The molecule has 0 unspecified atom stereocenters. The number of aromatic nitrogens is 1. The van der Waals surface area contributed by atoms with Gasteiger partial charge < -0.3 is 10.4 Å². The summed E-state index contributed by atoms with van der Waals surface area (Å²) in [4.78, 5) is 10.8. The fourth-order valence-electron chi connectivity index (χ4n) is 2.92. The number of rotatable bonds is 6. The molecule has 1 heterocycles. The van der Waals surface area contributed by atoms with Crippen LogP contribution in [0.3, 0.4) is 0 Å². The lowest BCUT2D eigenvalue weighted by molar-refractivity contribution is -0.577. The number of hydrogen-bond acceptors (Lipinski definition) is 4. The van der Waals surface area contributed by atoms with E-state index >= 15 is 0 Å². The fraction of sp³-hybridized carbons (Fsp3) is 0.130. The number of benzene rings is 2. The zero-order valence-electron chi connectivity index (χ0n) is 16.6. The molecule has 7 heteroatoms. The van der Waals surface area contributed by atoms with Crippen LogP contribution < -0.4 is 15.0 Å². The van der Waals surface area contributed by atoms with Gasteiger partial charge in [0.1, 0.15) is 0 Å². The van der Waals surface area contributed by atoms with Crippen molar-refractivity contribution in [1.29, 1.82) is 0 Å². The van der Waals surface area contributed by atoms with E-state index in [9.17, 15) is 15.2 Å². The first-order chi connectivity index (χ1) is 14.4. The maximum absolute atomic E-state index is 13.3. The number of nitrogens with zero attached hydrogens (tertiary/aromatic N) is 2. The van der Waals surface area contributed by atoms with Crippen LogP contribution in [-0.2, 0) is 0 Å². The van der Waals surface area contributed by atoms with E-state index < -0.39 is 10.7 Å². The van der Waals surface area contributed by atoms with Crippen molar-refractivity contribution in [2.24, 2.45) is 0 Å². The Hall–Kier alpha value is -3.58. The van der Waals surface area contributed by atoms with Gasteiger partial charge in [-0.3, -0.25) is 10.1 Å². The number of pyridine rings is 1. The van der Waals surface area contributed by atoms with Crippen molar-refractivity contribution >= 4 is 40.0 Å². The quantitative estimate of drug-likeness (QED) is 0.162. The second-order valence-electron chi connectivity index (χ2n) is 7.00. The number of anilines is 1. The molecule has 0 fully saturated rings. The van der Waals surface area contributed by atoms with E-state index in [2.05, 4.69) is 19.2 Å². The lowest BCUT2D eigenvalue weighted by Crippen LogP contribution is -2.39. The molecule has 3 rings (SSSR count). The number of nitro groups is 1. The summed E-state index contributed by atoms with van der Waals surface area (Å²) in [6, 6.07) is 18.8. The summed E-state index contributed by atoms with van der Waals surface area (Å²) in [6.45, 7) is 4.23. The van der Waals surface area contributed by atoms with Crippen LogP contribution in [-0.4, -0.2) is 9.91 Å². The fourth-order valence-corrected chi connectivity index (χ4v) is 3.24. The smallest absolute Gasteiger partial charge is 0.270 e. The Morgan fingerprint density at radius 3 is 2.30 bits per heavy atom. The molecule has 3 aromatic rings. The second kappa shape index (κ2) is 9.28. The topological polar surface area (TPSA) is 82.1 Å². The van der Waals surface area contributed by atoms with Crippen LogP contribution in [0.2, 0.25) is 0 Å². The van der Waals surface area contributed by atoms with Gasteiger partial charge in [0, 0.05) is 30.0 Å².